The first-order valence-electron chi connectivity index (χ1n) is 12.1. The van der Waals surface area contributed by atoms with Crippen LogP contribution in [0.4, 0.5) is 11.4 Å². The minimum Gasteiger partial charge on any atom is -0.377 e. The summed E-state index contributed by atoms with van der Waals surface area (Å²) < 4.78 is 0. The van der Waals surface area contributed by atoms with Crippen molar-refractivity contribution in [3.63, 3.8) is 0 Å². The van der Waals surface area contributed by atoms with E-state index in [0.717, 1.165) is 28.9 Å². The first kappa shape index (κ1) is 26.4. The molecule has 0 aliphatic rings. The van der Waals surface area contributed by atoms with Crippen LogP contribution < -0.4 is 10.2 Å². The smallest absolute Gasteiger partial charge is 0.230 e. The fourth-order valence-corrected chi connectivity index (χ4v) is 4.15. The van der Waals surface area contributed by atoms with Gasteiger partial charge in [0.1, 0.15) is 0 Å². The van der Waals surface area contributed by atoms with Gasteiger partial charge in [-0.15, -0.1) is 0 Å². The lowest BCUT2D eigenvalue weighted by molar-refractivity contribution is -0.134. The molecule has 0 aliphatic heterocycles. The Morgan fingerprint density at radius 1 is 0.939 bits per heavy atom. The van der Waals surface area contributed by atoms with E-state index in [2.05, 4.69) is 31.0 Å². The number of rotatable bonds is 11. The van der Waals surface area contributed by atoms with Crippen molar-refractivity contribution in [3.8, 4) is 0 Å². The van der Waals surface area contributed by atoms with Gasteiger partial charge in [-0.1, -0.05) is 65.0 Å². The van der Waals surface area contributed by atoms with Crippen molar-refractivity contribution in [1.82, 2.24) is 4.90 Å². The van der Waals surface area contributed by atoms with Gasteiger partial charge in [-0.25, -0.2) is 0 Å². The van der Waals surface area contributed by atoms with Crippen LogP contribution >= 0.6 is 0 Å². The van der Waals surface area contributed by atoms with Gasteiger partial charge in [0.15, 0.2) is 0 Å². The molecule has 2 aromatic rings. The van der Waals surface area contributed by atoms with Crippen molar-refractivity contribution >= 4 is 23.2 Å². The zero-order chi connectivity index (χ0) is 24.5. The molecule has 0 aliphatic carbocycles. The Hall–Kier alpha value is -2.82. The molecule has 0 aromatic heterocycles. The van der Waals surface area contributed by atoms with E-state index in [-0.39, 0.29) is 17.7 Å². The van der Waals surface area contributed by atoms with E-state index in [4.69, 9.17) is 0 Å². The fourth-order valence-electron chi connectivity index (χ4n) is 4.15. The summed E-state index contributed by atoms with van der Waals surface area (Å²) in [4.78, 5) is 30.1. The molecule has 2 rings (SSSR count). The van der Waals surface area contributed by atoms with Crippen LogP contribution in [-0.4, -0.2) is 37.4 Å². The van der Waals surface area contributed by atoms with E-state index in [1.165, 1.54) is 0 Å². The monoisotopic (exact) mass is 451 g/mol. The average Bonchev–Trinajstić information content (AvgIpc) is 2.73. The molecule has 2 amide bonds. The third kappa shape index (κ3) is 7.92. The van der Waals surface area contributed by atoms with Crippen molar-refractivity contribution in [2.75, 3.05) is 30.9 Å². The highest BCUT2D eigenvalue weighted by Gasteiger charge is 2.26. The summed E-state index contributed by atoms with van der Waals surface area (Å²) in [6, 6.07) is 16.0. The number of nitrogens with one attached hydrogen (secondary N) is 1. The predicted octanol–water partition coefficient (Wildman–Crippen LogP) is 5.92. The molecular formula is C28H41N3O2. The van der Waals surface area contributed by atoms with Crippen molar-refractivity contribution in [2.45, 2.75) is 59.9 Å². The second-order valence-electron chi connectivity index (χ2n) is 9.87. The lowest BCUT2D eigenvalue weighted by atomic mass is 9.94. The van der Waals surface area contributed by atoms with E-state index in [1.54, 1.807) is 0 Å². The van der Waals surface area contributed by atoms with Gasteiger partial charge in [0.05, 0.1) is 5.92 Å². The van der Waals surface area contributed by atoms with Crippen LogP contribution in [0.1, 0.15) is 64.5 Å². The van der Waals surface area contributed by atoms with E-state index < -0.39 is 0 Å². The minimum atomic E-state index is -0.165. The number of amides is 2. The van der Waals surface area contributed by atoms with Crippen molar-refractivity contribution in [3.05, 3.63) is 59.7 Å². The maximum Gasteiger partial charge on any atom is 0.230 e. The lowest BCUT2D eigenvalue weighted by Crippen LogP contribution is -2.37. The van der Waals surface area contributed by atoms with E-state index in [9.17, 15) is 9.59 Å². The highest BCUT2D eigenvalue weighted by atomic mass is 16.2. The summed E-state index contributed by atoms with van der Waals surface area (Å²) in [6.45, 7) is 11.6. The molecule has 33 heavy (non-hydrogen) atoms. The second-order valence-corrected chi connectivity index (χ2v) is 9.87. The maximum atomic E-state index is 13.7. The third-order valence-corrected chi connectivity index (χ3v) is 5.61. The number of carbonyl (C=O) groups is 2. The third-order valence-electron chi connectivity index (χ3n) is 5.61. The Balaban J connectivity index is 2.36. The lowest BCUT2D eigenvalue weighted by Gasteiger charge is -2.30. The number of anilines is 2. The number of benzene rings is 2. The van der Waals surface area contributed by atoms with Gasteiger partial charge in [0, 0.05) is 45.0 Å². The molecule has 2 aromatic carbocycles. The molecular weight excluding hydrogens is 410 g/mol. The Labute approximate surface area is 200 Å². The molecule has 1 N–H and O–H groups in total. The van der Waals surface area contributed by atoms with Gasteiger partial charge in [0.2, 0.25) is 11.8 Å². The first-order chi connectivity index (χ1) is 15.6. The van der Waals surface area contributed by atoms with E-state index >= 15 is 0 Å². The molecule has 1 unspecified atom stereocenters. The number of nitrogens with zero attached hydrogens (tertiary/aromatic N) is 2. The number of hydrogen-bond donors (Lipinski definition) is 1. The van der Waals surface area contributed by atoms with Gasteiger partial charge < -0.3 is 15.1 Å². The Morgan fingerprint density at radius 2 is 1.61 bits per heavy atom. The van der Waals surface area contributed by atoms with Gasteiger partial charge in [-0.3, -0.25) is 9.59 Å². The molecule has 0 fully saturated rings. The van der Waals surface area contributed by atoms with Crippen molar-refractivity contribution < 1.29 is 9.59 Å². The predicted molar refractivity (Wildman–Crippen MR) is 139 cm³/mol. The van der Waals surface area contributed by atoms with Crippen LogP contribution in [0.25, 0.3) is 0 Å². The molecule has 0 heterocycles. The van der Waals surface area contributed by atoms with E-state index in [1.807, 2.05) is 81.4 Å². The minimum absolute atomic E-state index is 0.0128. The zero-order valence-corrected chi connectivity index (χ0v) is 21.4. The highest BCUT2D eigenvalue weighted by molar-refractivity contribution is 5.91. The number of carbonyl (C=O) groups excluding carboxylic acids is 2. The van der Waals surface area contributed by atoms with Gasteiger partial charge in [-0.05, 0) is 47.6 Å². The quantitative estimate of drug-likeness (QED) is 0.462. The van der Waals surface area contributed by atoms with Crippen LogP contribution in [-0.2, 0) is 16.1 Å². The normalized spacial score (nSPS) is 12.0. The van der Waals surface area contributed by atoms with E-state index in [0.29, 0.717) is 31.3 Å². The summed E-state index contributed by atoms with van der Waals surface area (Å²) in [6.07, 6.45) is 1.24. The van der Waals surface area contributed by atoms with Crippen molar-refractivity contribution in [1.29, 1.82) is 0 Å². The SMILES string of the molecule is CCC(C(=O)N(Cc1cc(NC(=O)CC(C)C)ccc1N(C)C)CC(C)C)c1ccccc1. The van der Waals surface area contributed by atoms with Crippen molar-refractivity contribution in [2.24, 2.45) is 11.8 Å². The summed E-state index contributed by atoms with van der Waals surface area (Å²) in [5.74, 6) is 0.643. The molecule has 0 saturated heterocycles. The molecule has 0 radical (unpaired) electrons. The first-order valence-corrected chi connectivity index (χ1v) is 12.1. The molecule has 5 nitrogen and oxygen atoms in total. The molecule has 5 heteroatoms. The highest BCUT2D eigenvalue weighted by Crippen LogP contribution is 2.28. The maximum absolute atomic E-state index is 13.7. The van der Waals surface area contributed by atoms with Crippen LogP contribution in [0, 0.1) is 11.8 Å². The Kier molecular flexibility index (Phi) is 9.95. The molecule has 1 atom stereocenters. The second kappa shape index (κ2) is 12.4. The zero-order valence-electron chi connectivity index (χ0n) is 21.4. The summed E-state index contributed by atoms with van der Waals surface area (Å²) in [7, 11) is 4.01. The molecule has 180 valence electrons. The average molecular weight is 452 g/mol. The fraction of sp³-hybridized carbons (Fsp3) is 0.500. The van der Waals surface area contributed by atoms with Crippen LogP contribution in [0.3, 0.4) is 0 Å². The van der Waals surface area contributed by atoms with Gasteiger partial charge in [-0.2, -0.15) is 0 Å². The van der Waals surface area contributed by atoms with Crippen LogP contribution in [0.5, 0.6) is 0 Å². The number of hydrogen-bond acceptors (Lipinski definition) is 3. The van der Waals surface area contributed by atoms with Gasteiger partial charge in [0.25, 0.3) is 0 Å². The van der Waals surface area contributed by atoms with Crippen LogP contribution in [0.2, 0.25) is 0 Å². The summed E-state index contributed by atoms with van der Waals surface area (Å²) in [5, 5.41) is 3.02. The Bertz CT molecular complexity index is 907. The molecule has 0 spiro atoms. The van der Waals surface area contributed by atoms with Gasteiger partial charge >= 0.3 is 0 Å². The summed E-state index contributed by atoms with van der Waals surface area (Å²) in [5.41, 5.74) is 3.90. The largest absolute Gasteiger partial charge is 0.377 e. The standard InChI is InChI=1S/C28H41N3O2/c1-8-25(22-12-10-9-11-13-22)28(33)31(18-21(4)5)19-23-17-24(14-15-26(23)30(6)7)29-27(32)16-20(2)3/h9-15,17,20-21,25H,8,16,18-19H2,1-7H3,(H,29,32). The summed E-state index contributed by atoms with van der Waals surface area (Å²) >= 11 is 0. The Morgan fingerprint density at radius 3 is 2.15 bits per heavy atom. The molecule has 0 bridgehead atoms. The topological polar surface area (TPSA) is 52.7 Å². The molecule has 0 saturated carbocycles. The van der Waals surface area contributed by atoms with Crippen LogP contribution in [0.15, 0.2) is 48.5 Å².